The number of allylic oxidation sites excluding steroid dienone is 1. The van der Waals surface area contributed by atoms with Crippen molar-refractivity contribution < 1.29 is 38.2 Å². The highest BCUT2D eigenvalue weighted by Crippen LogP contribution is 2.31. The summed E-state index contributed by atoms with van der Waals surface area (Å²) in [6.45, 7) is -0.341. The number of carbonyl (C=O) groups is 1. The number of aliphatic hydroxyl groups excluding tert-OH is 2. The van der Waals surface area contributed by atoms with Crippen molar-refractivity contribution in [2.24, 2.45) is 0 Å². The minimum Gasteiger partial charge on any atom is -0.423 e. The average Bonchev–Trinajstić information content (AvgIpc) is 3.42. The van der Waals surface area contributed by atoms with Crippen molar-refractivity contribution in [3.8, 4) is 0 Å². The number of Topliss-reactive ketones (excluding diaryl/α,β-unsaturated/α-hetero) is 1. The summed E-state index contributed by atoms with van der Waals surface area (Å²) in [6.07, 6.45) is -1.13. The van der Waals surface area contributed by atoms with Gasteiger partial charge in [0.2, 0.25) is 10.0 Å². The molecular weight excluding hydrogens is 507 g/mol. The van der Waals surface area contributed by atoms with Crippen molar-refractivity contribution in [3.63, 3.8) is 0 Å². The minimum absolute atomic E-state index is 0.0546. The molecule has 0 aliphatic carbocycles. The van der Waals surface area contributed by atoms with Gasteiger partial charge in [0.15, 0.2) is 23.5 Å². The van der Waals surface area contributed by atoms with E-state index in [4.69, 9.17) is 10.5 Å². The van der Waals surface area contributed by atoms with Gasteiger partial charge in [-0.05, 0) is 11.9 Å². The lowest BCUT2D eigenvalue weighted by molar-refractivity contribution is -0.0329. The lowest BCUT2D eigenvalue weighted by Crippen LogP contribution is -2.39. The summed E-state index contributed by atoms with van der Waals surface area (Å²) in [5.41, 5.74) is 6.55. The quantitative estimate of drug-likeness (QED) is 0.121. The Balaban J connectivity index is 1.33. The van der Waals surface area contributed by atoms with Crippen molar-refractivity contribution in [3.05, 3.63) is 54.0 Å². The Kier molecular flexibility index (Phi) is 7.98. The third-order valence-corrected chi connectivity index (χ3v) is 6.96. The number of nitrogens with zero attached hydrogens (tertiary/aromatic N) is 4. The van der Waals surface area contributed by atoms with Crippen LogP contribution in [-0.4, -0.2) is 86.0 Å². The van der Waals surface area contributed by atoms with E-state index in [-0.39, 0.29) is 53.2 Å². The number of hydrogen-bond donors (Lipinski definition) is 6. The highest BCUT2D eigenvalue weighted by atomic mass is 32.2. The Hall–Kier alpha value is -3.25. The summed E-state index contributed by atoms with van der Waals surface area (Å²) < 4.78 is 34.1. The number of rotatable bonds is 10. The molecule has 196 valence electrons. The second-order valence-electron chi connectivity index (χ2n) is 8.32. The first kappa shape index (κ1) is 26.8. The molecule has 2 aromatic heterocycles. The van der Waals surface area contributed by atoms with Crippen LogP contribution in [0, 0.1) is 0 Å². The Morgan fingerprint density at radius 1 is 1.19 bits per heavy atom. The van der Waals surface area contributed by atoms with Crippen LogP contribution in [0.5, 0.6) is 0 Å². The first-order valence-corrected chi connectivity index (χ1v) is 12.7. The molecule has 0 saturated carbocycles. The van der Waals surface area contributed by atoms with Crippen molar-refractivity contribution in [1.29, 1.82) is 0 Å². The Morgan fingerprint density at radius 2 is 1.95 bits per heavy atom. The average molecular weight is 532 g/mol. The van der Waals surface area contributed by atoms with Crippen LogP contribution < -0.4 is 15.9 Å². The van der Waals surface area contributed by atoms with Gasteiger partial charge >= 0.3 is 7.12 Å². The third-order valence-electron chi connectivity index (χ3n) is 5.84. The third kappa shape index (κ3) is 5.85. The molecule has 0 unspecified atom stereocenters. The molecule has 14 nitrogen and oxygen atoms in total. The van der Waals surface area contributed by atoms with Crippen molar-refractivity contribution >= 4 is 45.4 Å². The largest absolute Gasteiger partial charge is 0.489 e. The lowest BCUT2D eigenvalue weighted by atomic mass is 9.76. The molecule has 1 aliphatic rings. The van der Waals surface area contributed by atoms with Crippen LogP contribution in [-0.2, 0) is 14.8 Å². The number of nitrogen functional groups attached to an aromatic ring is 1. The number of hydrogen-bond acceptors (Lipinski definition) is 12. The topological polar surface area (TPSA) is 223 Å². The summed E-state index contributed by atoms with van der Waals surface area (Å²) in [6, 6.07) is 6.03. The van der Waals surface area contributed by atoms with Gasteiger partial charge in [0.05, 0.1) is 6.33 Å². The molecule has 7 N–H and O–H groups in total. The second kappa shape index (κ2) is 11.0. The zero-order valence-electron chi connectivity index (χ0n) is 19.3. The van der Waals surface area contributed by atoms with Crippen molar-refractivity contribution in [2.75, 3.05) is 12.3 Å². The predicted molar refractivity (Wildman–Crippen MR) is 132 cm³/mol. The van der Waals surface area contributed by atoms with E-state index in [1.807, 2.05) is 0 Å². The maximum Gasteiger partial charge on any atom is 0.489 e. The molecule has 3 aromatic rings. The number of sulfonamides is 1. The van der Waals surface area contributed by atoms with Crippen molar-refractivity contribution in [2.45, 2.75) is 37.4 Å². The fraction of sp³-hybridized carbons (Fsp3) is 0.333. The number of fused-ring (bicyclic) bond motifs is 1. The summed E-state index contributed by atoms with van der Waals surface area (Å²) in [7, 11) is -5.76. The zero-order valence-corrected chi connectivity index (χ0v) is 20.1. The Bertz CT molecular complexity index is 1420. The number of carbonyl (C=O) groups excluding carboxylic acids is 1. The van der Waals surface area contributed by atoms with Crippen LogP contribution in [0.25, 0.3) is 11.2 Å². The zero-order chi connectivity index (χ0) is 26.7. The molecule has 1 saturated heterocycles. The van der Waals surface area contributed by atoms with Gasteiger partial charge in [-0.25, -0.2) is 28.1 Å². The first-order chi connectivity index (χ1) is 17.6. The van der Waals surface area contributed by atoms with Gasteiger partial charge in [0, 0.05) is 23.9 Å². The number of aromatic nitrogens is 4. The normalized spacial score (nSPS) is 22.2. The molecule has 0 spiro atoms. The Morgan fingerprint density at radius 3 is 2.70 bits per heavy atom. The fourth-order valence-corrected chi connectivity index (χ4v) is 4.83. The monoisotopic (exact) mass is 532 g/mol. The highest BCUT2D eigenvalue weighted by Gasteiger charge is 2.44. The van der Waals surface area contributed by atoms with Crippen LogP contribution in [0.3, 0.4) is 0 Å². The van der Waals surface area contributed by atoms with Crippen LogP contribution in [0.4, 0.5) is 5.82 Å². The number of ether oxygens (including phenoxy) is 1. The number of nitrogens with one attached hydrogen (secondary N) is 1. The van der Waals surface area contributed by atoms with Gasteiger partial charge in [0.1, 0.15) is 30.2 Å². The van der Waals surface area contributed by atoms with Gasteiger partial charge in [-0.15, -0.1) is 0 Å². The summed E-state index contributed by atoms with van der Waals surface area (Å²) in [5.74, 6) is -0.245. The van der Waals surface area contributed by atoms with E-state index in [1.54, 1.807) is 12.1 Å². The van der Waals surface area contributed by atoms with Gasteiger partial charge in [0.25, 0.3) is 0 Å². The lowest BCUT2D eigenvalue weighted by Gasteiger charge is -2.16. The van der Waals surface area contributed by atoms with Crippen LogP contribution in [0.1, 0.15) is 29.4 Å². The van der Waals surface area contributed by atoms with E-state index >= 15 is 0 Å². The number of benzene rings is 1. The fourth-order valence-electron chi connectivity index (χ4n) is 3.95. The molecule has 16 heteroatoms. The SMILES string of the molecule is Nc1ncnc2c1ncn2[C@@H]1O[C@H](CNS(=O)(=O)/C=C/CCC(=O)c2ccccc2B(O)O)[C@@H](O)[C@H]1O. The molecule has 0 bridgehead atoms. The number of aliphatic hydroxyl groups is 2. The number of imidazole rings is 1. The number of anilines is 1. The molecular formula is C21H25BN6O8S. The Labute approximate surface area is 211 Å². The van der Waals surface area contributed by atoms with Crippen molar-refractivity contribution in [1.82, 2.24) is 24.2 Å². The molecule has 1 aromatic carbocycles. The molecule has 37 heavy (non-hydrogen) atoms. The smallest absolute Gasteiger partial charge is 0.423 e. The molecule has 3 heterocycles. The predicted octanol–water partition coefficient (Wildman–Crippen LogP) is -2.20. The van der Waals surface area contributed by atoms with E-state index in [9.17, 15) is 33.5 Å². The molecule has 4 atom stereocenters. The minimum atomic E-state index is -3.96. The summed E-state index contributed by atoms with van der Waals surface area (Å²) in [5, 5.41) is 40.5. The van der Waals surface area contributed by atoms with Crippen LogP contribution >= 0.6 is 0 Å². The number of nitrogens with two attached hydrogens (primary N) is 1. The van der Waals surface area contributed by atoms with Gasteiger partial charge in [-0.1, -0.05) is 30.3 Å². The van der Waals surface area contributed by atoms with E-state index in [0.717, 1.165) is 5.41 Å². The maximum atomic E-state index is 12.4. The number of ketones is 1. The van der Waals surface area contributed by atoms with E-state index in [2.05, 4.69) is 19.7 Å². The molecule has 1 aliphatic heterocycles. The summed E-state index contributed by atoms with van der Waals surface area (Å²) in [4.78, 5) is 24.4. The van der Waals surface area contributed by atoms with Crippen LogP contribution in [0.15, 0.2) is 48.4 Å². The first-order valence-electron chi connectivity index (χ1n) is 11.2. The van der Waals surface area contributed by atoms with Gasteiger partial charge in [-0.3, -0.25) is 9.36 Å². The summed E-state index contributed by atoms with van der Waals surface area (Å²) >= 11 is 0. The van der Waals surface area contributed by atoms with Crippen LogP contribution in [0.2, 0.25) is 0 Å². The van der Waals surface area contributed by atoms with Gasteiger partial charge in [-0.2, -0.15) is 0 Å². The van der Waals surface area contributed by atoms with E-state index in [0.29, 0.717) is 0 Å². The van der Waals surface area contributed by atoms with E-state index in [1.165, 1.54) is 35.4 Å². The molecule has 0 amide bonds. The van der Waals surface area contributed by atoms with Gasteiger partial charge < -0.3 is 30.7 Å². The maximum absolute atomic E-state index is 12.4. The molecule has 0 radical (unpaired) electrons. The second-order valence-corrected chi connectivity index (χ2v) is 9.97. The standard InChI is InChI=1S/C21H25BN6O8S/c23-19-16-20(25-10-24-19)28(11-26-16)21-18(31)17(30)15(36-21)9-27-37(34,35)8-4-3-7-14(29)12-5-1-2-6-13(12)22(32)33/h1-2,4-6,8,10-11,15,17-18,21,27,30-33H,3,7,9H2,(H2,23,24,25)/b8-4+/t15-,17-,18-,21-/m1/s1. The molecule has 1 fully saturated rings. The van der Waals surface area contributed by atoms with E-state index < -0.39 is 41.7 Å². The molecule has 4 rings (SSSR count). The highest BCUT2D eigenvalue weighted by molar-refractivity contribution is 7.92.